The highest BCUT2D eigenvalue weighted by molar-refractivity contribution is 5.83. The van der Waals surface area contributed by atoms with Crippen molar-refractivity contribution in [3.63, 3.8) is 0 Å². The van der Waals surface area contributed by atoms with E-state index in [2.05, 4.69) is 5.32 Å². The van der Waals surface area contributed by atoms with E-state index >= 15 is 0 Å². The molecule has 24 heavy (non-hydrogen) atoms. The van der Waals surface area contributed by atoms with Gasteiger partial charge in [0, 0.05) is 32.0 Å². The summed E-state index contributed by atoms with van der Waals surface area (Å²) in [5, 5.41) is 2.96. The molecule has 1 N–H and O–H groups in total. The largest absolute Gasteiger partial charge is 0.356 e. The topological polar surface area (TPSA) is 49.4 Å². The van der Waals surface area contributed by atoms with E-state index in [-0.39, 0.29) is 35.4 Å². The summed E-state index contributed by atoms with van der Waals surface area (Å²) in [7, 11) is 1.84. The minimum Gasteiger partial charge on any atom is -0.356 e. The van der Waals surface area contributed by atoms with Gasteiger partial charge in [-0.15, -0.1) is 0 Å². The number of carbonyl (C=O) groups is 2. The van der Waals surface area contributed by atoms with E-state index in [1.165, 1.54) is 12.1 Å². The summed E-state index contributed by atoms with van der Waals surface area (Å²) in [4.78, 5) is 25.9. The lowest BCUT2D eigenvalue weighted by molar-refractivity contribution is -0.136. The number of carbonyl (C=O) groups excluding carboxylic acids is 2. The van der Waals surface area contributed by atoms with Crippen LogP contribution in [0, 0.1) is 17.7 Å². The van der Waals surface area contributed by atoms with Gasteiger partial charge in [0.15, 0.2) is 0 Å². The Morgan fingerprint density at radius 3 is 2.58 bits per heavy atom. The molecule has 130 valence electrons. The van der Waals surface area contributed by atoms with Crippen LogP contribution < -0.4 is 5.32 Å². The first-order valence-corrected chi connectivity index (χ1v) is 8.84. The van der Waals surface area contributed by atoms with E-state index in [4.69, 9.17) is 0 Å². The van der Waals surface area contributed by atoms with Crippen LogP contribution in [0.25, 0.3) is 0 Å². The van der Waals surface area contributed by atoms with E-state index in [0.717, 1.165) is 37.7 Å². The predicted octanol–water partition coefficient (Wildman–Crippen LogP) is 2.69. The minimum atomic E-state index is -0.249. The van der Waals surface area contributed by atoms with E-state index in [1.807, 2.05) is 7.05 Å². The van der Waals surface area contributed by atoms with Crippen molar-refractivity contribution in [2.45, 2.75) is 38.0 Å². The Kier molecular flexibility index (Phi) is 5.17. The van der Waals surface area contributed by atoms with E-state index in [9.17, 15) is 14.0 Å². The van der Waals surface area contributed by atoms with Gasteiger partial charge in [-0.2, -0.15) is 0 Å². The highest BCUT2D eigenvalue weighted by atomic mass is 19.1. The standard InChI is InChI=1S/C19H25FN2O2/c1-22(19(24)14-4-2-5-14)11-3-10-21-18(23)17-12-16(17)13-6-8-15(20)9-7-13/h6-9,14,16-17H,2-5,10-12H2,1H3,(H,21,23)/t16-,17-/m0/s1. The van der Waals surface area contributed by atoms with Crippen LogP contribution in [0.15, 0.2) is 24.3 Å². The molecule has 2 aliphatic carbocycles. The number of nitrogens with zero attached hydrogens (tertiary/aromatic N) is 1. The summed E-state index contributed by atoms with van der Waals surface area (Å²) < 4.78 is 12.9. The van der Waals surface area contributed by atoms with Gasteiger partial charge in [0.2, 0.25) is 11.8 Å². The number of rotatable bonds is 7. The molecule has 4 nitrogen and oxygen atoms in total. The highest BCUT2D eigenvalue weighted by Gasteiger charge is 2.43. The van der Waals surface area contributed by atoms with Gasteiger partial charge in [-0.3, -0.25) is 9.59 Å². The Labute approximate surface area is 142 Å². The Morgan fingerprint density at radius 2 is 1.96 bits per heavy atom. The second kappa shape index (κ2) is 7.32. The zero-order valence-electron chi connectivity index (χ0n) is 14.1. The van der Waals surface area contributed by atoms with Gasteiger partial charge >= 0.3 is 0 Å². The number of nitrogens with one attached hydrogen (secondary N) is 1. The van der Waals surface area contributed by atoms with Crippen molar-refractivity contribution in [2.24, 2.45) is 11.8 Å². The molecule has 3 rings (SSSR count). The fraction of sp³-hybridized carbons (Fsp3) is 0.579. The van der Waals surface area contributed by atoms with Crippen molar-refractivity contribution in [2.75, 3.05) is 20.1 Å². The molecule has 2 aliphatic rings. The summed E-state index contributed by atoms with van der Waals surface area (Å²) in [6.45, 7) is 1.27. The third-order valence-electron chi connectivity index (χ3n) is 5.23. The zero-order chi connectivity index (χ0) is 17.1. The van der Waals surface area contributed by atoms with Crippen LogP contribution in [-0.2, 0) is 9.59 Å². The number of halogens is 1. The van der Waals surface area contributed by atoms with Crippen LogP contribution in [0.5, 0.6) is 0 Å². The molecule has 2 fully saturated rings. The summed E-state index contributed by atoms with van der Waals surface area (Å²) >= 11 is 0. The summed E-state index contributed by atoms with van der Waals surface area (Å²) in [6, 6.07) is 6.40. The predicted molar refractivity (Wildman–Crippen MR) is 89.9 cm³/mol. The number of hydrogen-bond acceptors (Lipinski definition) is 2. The molecule has 0 saturated heterocycles. The maximum absolute atomic E-state index is 12.9. The first-order valence-electron chi connectivity index (χ1n) is 8.84. The average molecular weight is 332 g/mol. The smallest absolute Gasteiger partial charge is 0.225 e. The van der Waals surface area contributed by atoms with Crippen LogP contribution >= 0.6 is 0 Å². The van der Waals surface area contributed by atoms with E-state index in [0.29, 0.717) is 13.1 Å². The monoisotopic (exact) mass is 332 g/mol. The van der Waals surface area contributed by atoms with Gasteiger partial charge in [-0.25, -0.2) is 4.39 Å². The molecule has 2 saturated carbocycles. The average Bonchev–Trinajstić information content (AvgIpc) is 3.30. The molecule has 0 spiro atoms. The molecule has 5 heteroatoms. The molecule has 1 aromatic rings. The molecule has 1 aromatic carbocycles. The van der Waals surface area contributed by atoms with Crippen LogP contribution in [0.2, 0.25) is 0 Å². The van der Waals surface area contributed by atoms with E-state index < -0.39 is 0 Å². The van der Waals surface area contributed by atoms with Crippen molar-refractivity contribution in [3.05, 3.63) is 35.6 Å². The molecule has 0 aromatic heterocycles. The number of hydrogen-bond donors (Lipinski definition) is 1. The van der Waals surface area contributed by atoms with Crippen molar-refractivity contribution in [1.82, 2.24) is 10.2 Å². The van der Waals surface area contributed by atoms with Crippen molar-refractivity contribution >= 4 is 11.8 Å². The third kappa shape index (κ3) is 3.94. The zero-order valence-corrected chi connectivity index (χ0v) is 14.1. The first-order chi connectivity index (χ1) is 11.6. The maximum Gasteiger partial charge on any atom is 0.225 e. The van der Waals surface area contributed by atoms with Gasteiger partial charge in [-0.1, -0.05) is 18.6 Å². The fourth-order valence-electron chi connectivity index (χ4n) is 3.30. The van der Waals surface area contributed by atoms with Crippen molar-refractivity contribution < 1.29 is 14.0 Å². The second-order valence-electron chi connectivity index (χ2n) is 7.03. The van der Waals surface area contributed by atoms with Gasteiger partial charge < -0.3 is 10.2 Å². The molecule has 0 aliphatic heterocycles. The fourth-order valence-corrected chi connectivity index (χ4v) is 3.30. The first kappa shape index (κ1) is 16.9. The normalized spacial score (nSPS) is 22.6. The quantitative estimate of drug-likeness (QED) is 0.781. The van der Waals surface area contributed by atoms with E-state index in [1.54, 1.807) is 17.0 Å². The van der Waals surface area contributed by atoms with Gasteiger partial charge in [0.25, 0.3) is 0 Å². The second-order valence-corrected chi connectivity index (χ2v) is 7.03. The Hall–Kier alpha value is -1.91. The SMILES string of the molecule is CN(CCCNC(=O)[C@H]1C[C@H]1c1ccc(F)cc1)C(=O)C1CCC1. The number of amides is 2. The summed E-state index contributed by atoms with van der Waals surface area (Å²) in [5.74, 6) is 0.509. The Bertz CT molecular complexity index is 598. The molecule has 2 atom stereocenters. The van der Waals surface area contributed by atoms with Gasteiger partial charge in [-0.05, 0) is 49.3 Å². The highest BCUT2D eigenvalue weighted by Crippen LogP contribution is 2.47. The number of benzene rings is 1. The van der Waals surface area contributed by atoms with Crippen LogP contribution in [0.3, 0.4) is 0 Å². The Morgan fingerprint density at radius 1 is 1.25 bits per heavy atom. The lowest BCUT2D eigenvalue weighted by atomic mass is 9.84. The molecular weight excluding hydrogens is 307 g/mol. The maximum atomic E-state index is 12.9. The van der Waals surface area contributed by atoms with Crippen molar-refractivity contribution in [1.29, 1.82) is 0 Å². The Balaban J connectivity index is 1.33. The van der Waals surface area contributed by atoms with Gasteiger partial charge in [0.05, 0.1) is 0 Å². The molecule has 0 heterocycles. The van der Waals surface area contributed by atoms with Crippen molar-refractivity contribution in [3.8, 4) is 0 Å². The molecule has 0 radical (unpaired) electrons. The summed E-state index contributed by atoms with van der Waals surface area (Å²) in [5.41, 5.74) is 1.03. The van der Waals surface area contributed by atoms with Gasteiger partial charge in [0.1, 0.15) is 5.82 Å². The molecule has 2 amide bonds. The lowest BCUT2D eigenvalue weighted by Crippen LogP contribution is -2.38. The van der Waals surface area contributed by atoms with Crippen LogP contribution in [-0.4, -0.2) is 36.9 Å². The van der Waals surface area contributed by atoms with Crippen LogP contribution in [0.1, 0.15) is 43.6 Å². The summed E-state index contributed by atoms with van der Waals surface area (Å²) in [6.07, 6.45) is 4.81. The minimum absolute atomic E-state index is 0.00444. The third-order valence-corrected chi connectivity index (χ3v) is 5.23. The molecular formula is C19H25FN2O2. The van der Waals surface area contributed by atoms with Crippen LogP contribution in [0.4, 0.5) is 4.39 Å². The molecule has 0 bridgehead atoms. The lowest BCUT2D eigenvalue weighted by Gasteiger charge is -2.29. The molecule has 0 unspecified atom stereocenters.